The van der Waals surface area contributed by atoms with Crippen molar-refractivity contribution in [1.29, 1.82) is 0 Å². The third kappa shape index (κ3) is 4.35. The van der Waals surface area contributed by atoms with Crippen LogP contribution in [0.4, 0.5) is 9.18 Å². The van der Waals surface area contributed by atoms with Crippen molar-refractivity contribution in [3.63, 3.8) is 0 Å². The Bertz CT molecular complexity index is 387. The average Bonchev–Trinajstić information content (AvgIpc) is 2.26. The van der Waals surface area contributed by atoms with E-state index in [1.54, 1.807) is 12.1 Å². The maximum absolute atomic E-state index is 12.9. The predicted octanol–water partition coefficient (Wildman–Crippen LogP) is 3.23. The van der Waals surface area contributed by atoms with E-state index in [1.807, 2.05) is 27.7 Å². The Morgan fingerprint density at radius 2 is 1.61 bits per heavy atom. The zero-order chi connectivity index (χ0) is 13.7. The first-order valence-corrected chi connectivity index (χ1v) is 6.22. The average molecular weight is 252 g/mol. The van der Waals surface area contributed by atoms with Crippen LogP contribution in [0.15, 0.2) is 24.3 Å². The third-order valence-corrected chi connectivity index (χ3v) is 2.60. The number of amides is 2. The van der Waals surface area contributed by atoms with Crippen LogP contribution in [0, 0.1) is 11.7 Å². The number of nitrogens with one attached hydrogen (secondary N) is 2. The molecule has 0 aliphatic rings. The van der Waals surface area contributed by atoms with E-state index in [1.165, 1.54) is 12.1 Å². The van der Waals surface area contributed by atoms with Crippen molar-refractivity contribution in [2.45, 2.75) is 39.8 Å². The van der Waals surface area contributed by atoms with Crippen molar-refractivity contribution >= 4 is 6.03 Å². The van der Waals surface area contributed by atoms with E-state index in [0.717, 1.165) is 5.56 Å². The molecular weight excluding hydrogens is 231 g/mol. The van der Waals surface area contributed by atoms with Crippen molar-refractivity contribution in [3.8, 4) is 0 Å². The highest BCUT2D eigenvalue weighted by molar-refractivity contribution is 5.74. The summed E-state index contributed by atoms with van der Waals surface area (Å²) in [7, 11) is 0. The summed E-state index contributed by atoms with van der Waals surface area (Å²) >= 11 is 0. The lowest BCUT2D eigenvalue weighted by Gasteiger charge is -2.23. The maximum Gasteiger partial charge on any atom is 0.315 e. The molecule has 1 atom stereocenters. The number of carbonyl (C=O) groups excluding carboxylic acids is 1. The fourth-order valence-electron chi connectivity index (χ4n) is 1.75. The van der Waals surface area contributed by atoms with Gasteiger partial charge in [-0.1, -0.05) is 26.0 Å². The molecular formula is C14H21FN2O. The minimum atomic E-state index is -0.270. The lowest BCUT2D eigenvalue weighted by molar-refractivity contribution is 0.231. The molecule has 4 heteroatoms. The molecule has 0 saturated carbocycles. The molecule has 2 N–H and O–H groups in total. The van der Waals surface area contributed by atoms with E-state index in [2.05, 4.69) is 10.6 Å². The smallest absolute Gasteiger partial charge is 0.315 e. The highest BCUT2D eigenvalue weighted by Crippen LogP contribution is 2.21. The molecule has 1 aromatic carbocycles. The van der Waals surface area contributed by atoms with Gasteiger partial charge in [-0.25, -0.2) is 9.18 Å². The summed E-state index contributed by atoms with van der Waals surface area (Å²) in [6, 6.07) is 5.99. The minimum Gasteiger partial charge on any atom is -0.336 e. The van der Waals surface area contributed by atoms with E-state index in [-0.39, 0.29) is 29.8 Å². The third-order valence-electron chi connectivity index (χ3n) is 2.60. The molecule has 2 amide bonds. The van der Waals surface area contributed by atoms with Crippen molar-refractivity contribution in [2.75, 3.05) is 0 Å². The molecule has 0 aromatic heterocycles. The quantitative estimate of drug-likeness (QED) is 0.848. The standard InChI is InChI=1S/C14H21FN2O/c1-9(2)13(17-14(18)16-10(3)4)11-5-7-12(15)8-6-11/h5-10,13H,1-4H3,(H2,16,17,18)/t13-/m0/s1. The normalized spacial score (nSPS) is 12.6. The molecule has 0 saturated heterocycles. The number of benzene rings is 1. The Morgan fingerprint density at radius 3 is 2.06 bits per heavy atom. The Morgan fingerprint density at radius 1 is 1.06 bits per heavy atom. The van der Waals surface area contributed by atoms with Gasteiger partial charge in [0.25, 0.3) is 0 Å². The molecule has 0 heterocycles. The molecule has 100 valence electrons. The summed E-state index contributed by atoms with van der Waals surface area (Å²) < 4.78 is 12.9. The first kappa shape index (κ1) is 14.5. The van der Waals surface area contributed by atoms with E-state index in [4.69, 9.17) is 0 Å². The van der Waals surface area contributed by atoms with Crippen molar-refractivity contribution < 1.29 is 9.18 Å². The number of halogens is 1. The largest absolute Gasteiger partial charge is 0.336 e. The monoisotopic (exact) mass is 252 g/mol. The van der Waals surface area contributed by atoms with E-state index < -0.39 is 0 Å². The molecule has 0 fully saturated rings. The van der Waals surface area contributed by atoms with Gasteiger partial charge < -0.3 is 10.6 Å². The van der Waals surface area contributed by atoms with Gasteiger partial charge in [-0.15, -0.1) is 0 Å². The summed E-state index contributed by atoms with van der Waals surface area (Å²) in [6.07, 6.45) is 0. The van der Waals surface area contributed by atoms with E-state index in [0.29, 0.717) is 0 Å². The van der Waals surface area contributed by atoms with Crippen LogP contribution in [0.3, 0.4) is 0 Å². The van der Waals surface area contributed by atoms with Gasteiger partial charge >= 0.3 is 6.03 Å². The Hall–Kier alpha value is -1.58. The summed E-state index contributed by atoms with van der Waals surface area (Å²) in [6.45, 7) is 7.84. The van der Waals surface area contributed by atoms with Gasteiger partial charge in [-0.05, 0) is 37.5 Å². The van der Waals surface area contributed by atoms with Crippen LogP contribution in [0.2, 0.25) is 0 Å². The second-order valence-electron chi connectivity index (χ2n) is 5.05. The highest BCUT2D eigenvalue weighted by Gasteiger charge is 2.18. The van der Waals surface area contributed by atoms with Gasteiger partial charge in [-0.2, -0.15) is 0 Å². The van der Waals surface area contributed by atoms with E-state index in [9.17, 15) is 9.18 Å². The first-order valence-electron chi connectivity index (χ1n) is 6.22. The number of rotatable bonds is 4. The molecule has 0 unspecified atom stereocenters. The maximum atomic E-state index is 12.9. The summed E-state index contributed by atoms with van der Waals surface area (Å²) in [5.74, 6) is -0.0405. The second kappa shape index (κ2) is 6.38. The Labute approximate surface area is 108 Å². The summed E-state index contributed by atoms with van der Waals surface area (Å²) in [5, 5.41) is 5.70. The Balaban J connectivity index is 2.77. The molecule has 0 radical (unpaired) electrons. The van der Waals surface area contributed by atoms with Crippen molar-refractivity contribution in [1.82, 2.24) is 10.6 Å². The highest BCUT2D eigenvalue weighted by atomic mass is 19.1. The summed E-state index contributed by atoms with van der Waals surface area (Å²) in [5.41, 5.74) is 0.908. The van der Waals surface area contributed by atoms with Crippen molar-refractivity contribution in [3.05, 3.63) is 35.6 Å². The van der Waals surface area contributed by atoms with Crippen molar-refractivity contribution in [2.24, 2.45) is 5.92 Å². The summed E-state index contributed by atoms with van der Waals surface area (Å²) in [4.78, 5) is 11.7. The molecule has 0 aliphatic heterocycles. The topological polar surface area (TPSA) is 41.1 Å². The minimum absolute atomic E-state index is 0.0889. The zero-order valence-electron chi connectivity index (χ0n) is 11.3. The fourth-order valence-corrected chi connectivity index (χ4v) is 1.75. The van der Waals surface area contributed by atoms with Gasteiger partial charge in [-0.3, -0.25) is 0 Å². The number of hydrogen-bond donors (Lipinski definition) is 2. The van der Waals surface area contributed by atoms with Crippen LogP contribution in [-0.4, -0.2) is 12.1 Å². The van der Waals surface area contributed by atoms with Gasteiger partial charge in [0.1, 0.15) is 5.82 Å². The molecule has 3 nitrogen and oxygen atoms in total. The Kier molecular flexibility index (Phi) is 5.13. The lowest BCUT2D eigenvalue weighted by Crippen LogP contribution is -2.42. The predicted molar refractivity (Wildman–Crippen MR) is 70.8 cm³/mol. The van der Waals surface area contributed by atoms with Gasteiger partial charge in [0.2, 0.25) is 0 Å². The SMILES string of the molecule is CC(C)NC(=O)N[C@H](c1ccc(F)cc1)C(C)C. The first-order chi connectivity index (χ1) is 8.40. The lowest BCUT2D eigenvalue weighted by atomic mass is 9.96. The molecule has 1 aromatic rings. The van der Waals surface area contributed by atoms with Gasteiger partial charge in [0.15, 0.2) is 0 Å². The van der Waals surface area contributed by atoms with Gasteiger partial charge in [0.05, 0.1) is 6.04 Å². The number of carbonyl (C=O) groups is 1. The van der Waals surface area contributed by atoms with Crippen LogP contribution in [0.1, 0.15) is 39.3 Å². The van der Waals surface area contributed by atoms with Gasteiger partial charge in [0, 0.05) is 6.04 Å². The molecule has 1 rings (SSSR count). The van der Waals surface area contributed by atoms with Crippen LogP contribution >= 0.6 is 0 Å². The van der Waals surface area contributed by atoms with Crippen LogP contribution in [0.25, 0.3) is 0 Å². The number of hydrogen-bond acceptors (Lipinski definition) is 1. The number of urea groups is 1. The molecule has 18 heavy (non-hydrogen) atoms. The van der Waals surface area contributed by atoms with E-state index >= 15 is 0 Å². The zero-order valence-corrected chi connectivity index (χ0v) is 11.3. The van der Waals surface area contributed by atoms with Crippen LogP contribution in [-0.2, 0) is 0 Å². The molecule has 0 bridgehead atoms. The van der Waals surface area contributed by atoms with Crippen LogP contribution < -0.4 is 10.6 Å². The molecule has 0 aliphatic carbocycles. The second-order valence-corrected chi connectivity index (χ2v) is 5.05. The van der Waals surface area contributed by atoms with Crippen LogP contribution in [0.5, 0.6) is 0 Å². The molecule has 0 spiro atoms. The fraction of sp³-hybridized carbons (Fsp3) is 0.500.